The van der Waals surface area contributed by atoms with Gasteiger partial charge in [-0.3, -0.25) is 10.1 Å². The number of nitro benzene ring substituents is 1. The van der Waals surface area contributed by atoms with Crippen molar-refractivity contribution in [2.45, 2.75) is 0 Å². The van der Waals surface area contributed by atoms with Crippen molar-refractivity contribution in [1.29, 1.82) is 0 Å². The minimum absolute atomic E-state index is 0.0872. The lowest BCUT2D eigenvalue weighted by Gasteiger charge is -1.94. The van der Waals surface area contributed by atoms with Crippen LogP contribution in [0.25, 0.3) is 12.2 Å². The highest BCUT2D eigenvalue weighted by Gasteiger charge is 2.01. The van der Waals surface area contributed by atoms with Crippen LogP contribution in [0, 0.1) is 10.1 Å². The van der Waals surface area contributed by atoms with E-state index in [2.05, 4.69) is 9.97 Å². The standard InChI is InChI=1S/C12H9N3O2/c16-15(17)12-5-2-10(3-6-12)1-4-11-7-8-13-9-14-11/h1-9H. The second kappa shape index (κ2) is 4.98. The van der Waals surface area contributed by atoms with Crippen molar-refractivity contribution in [2.24, 2.45) is 0 Å². The molecule has 1 aromatic carbocycles. The average Bonchev–Trinajstić information content (AvgIpc) is 2.38. The number of non-ortho nitro benzene ring substituents is 1. The van der Waals surface area contributed by atoms with Gasteiger partial charge in [0, 0.05) is 18.3 Å². The van der Waals surface area contributed by atoms with Crippen molar-refractivity contribution in [3.05, 3.63) is 64.2 Å². The van der Waals surface area contributed by atoms with Crippen LogP contribution in [0.5, 0.6) is 0 Å². The van der Waals surface area contributed by atoms with E-state index in [1.165, 1.54) is 18.5 Å². The van der Waals surface area contributed by atoms with Gasteiger partial charge in [-0.25, -0.2) is 9.97 Å². The minimum atomic E-state index is -0.419. The zero-order valence-corrected chi connectivity index (χ0v) is 8.85. The van der Waals surface area contributed by atoms with Crippen LogP contribution >= 0.6 is 0 Å². The van der Waals surface area contributed by atoms with E-state index in [0.29, 0.717) is 0 Å². The molecule has 0 saturated heterocycles. The largest absolute Gasteiger partial charge is 0.269 e. The topological polar surface area (TPSA) is 68.9 Å². The zero-order chi connectivity index (χ0) is 12.1. The van der Waals surface area contributed by atoms with Gasteiger partial charge in [0.15, 0.2) is 0 Å². The molecular weight excluding hydrogens is 218 g/mol. The maximum absolute atomic E-state index is 10.5. The van der Waals surface area contributed by atoms with Crippen LogP contribution in [0.3, 0.4) is 0 Å². The number of hydrogen-bond donors (Lipinski definition) is 0. The molecule has 0 fully saturated rings. The van der Waals surface area contributed by atoms with E-state index in [0.717, 1.165) is 11.3 Å². The summed E-state index contributed by atoms with van der Waals surface area (Å²) in [6.45, 7) is 0. The SMILES string of the molecule is O=[N+]([O-])c1ccc(C=Cc2ccncn2)cc1. The Balaban J connectivity index is 2.14. The van der Waals surface area contributed by atoms with Gasteiger partial charge in [0.2, 0.25) is 0 Å². The second-order valence-electron chi connectivity index (χ2n) is 3.32. The van der Waals surface area contributed by atoms with Crippen molar-refractivity contribution in [3.8, 4) is 0 Å². The van der Waals surface area contributed by atoms with E-state index in [1.807, 2.05) is 12.2 Å². The molecule has 5 heteroatoms. The maximum atomic E-state index is 10.5. The van der Waals surface area contributed by atoms with E-state index < -0.39 is 4.92 Å². The van der Waals surface area contributed by atoms with Crippen molar-refractivity contribution < 1.29 is 4.92 Å². The summed E-state index contributed by atoms with van der Waals surface area (Å²) >= 11 is 0. The van der Waals surface area contributed by atoms with Gasteiger partial charge >= 0.3 is 0 Å². The summed E-state index contributed by atoms with van der Waals surface area (Å²) in [4.78, 5) is 17.9. The lowest BCUT2D eigenvalue weighted by molar-refractivity contribution is -0.384. The lowest BCUT2D eigenvalue weighted by Crippen LogP contribution is -1.86. The summed E-state index contributed by atoms with van der Waals surface area (Å²) in [5, 5.41) is 10.5. The monoisotopic (exact) mass is 227 g/mol. The first kappa shape index (κ1) is 10.9. The molecule has 0 aliphatic carbocycles. The molecule has 2 aromatic rings. The van der Waals surface area contributed by atoms with Crippen LogP contribution in [0.4, 0.5) is 5.69 Å². The summed E-state index contributed by atoms with van der Waals surface area (Å²) in [6.07, 6.45) is 6.78. The number of hydrogen-bond acceptors (Lipinski definition) is 4. The molecule has 0 N–H and O–H groups in total. The molecule has 0 atom stereocenters. The van der Waals surface area contributed by atoms with Crippen molar-refractivity contribution in [3.63, 3.8) is 0 Å². The van der Waals surface area contributed by atoms with Crippen molar-refractivity contribution in [2.75, 3.05) is 0 Å². The Morgan fingerprint density at radius 2 is 1.88 bits per heavy atom. The molecule has 0 unspecified atom stereocenters. The van der Waals surface area contributed by atoms with Crippen LogP contribution in [0.2, 0.25) is 0 Å². The molecule has 5 nitrogen and oxygen atoms in total. The van der Waals surface area contributed by atoms with Gasteiger partial charge in [0.1, 0.15) is 6.33 Å². The molecule has 0 radical (unpaired) electrons. The van der Waals surface area contributed by atoms with Crippen LogP contribution in [-0.2, 0) is 0 Å². The molecule has 84 valence electrons. The predicted molar refractivity (Wildman–Crippen MR) is 64.1 cm³/mol. The molecule has 0 amide bonds. The van der Waals surface area contributed by atoms with E-state index >= 15 is 0 Å². The van der Waals surface area contributed by atoms with Crippen molar-refractivity contribution >= 4 is 17.8 Å². The lowest BCUT2D eigenvalue weighted by atomic mass is 10.2. The molecule has 0 spiro atoms. The Labute approximate surface area is 97.6 Å². The van der Waals surface area contributed by atoms with Crippen LogP contribution in [0.1, 0.15) is 11.3 Å². The normalized spacial score (nSPS) is 10.6. The fourth-order valence-corrected chi connectivity index (χ4v) is 1.29. The van der Waals surface area contributed by atoms with E-state index in [-0.39, 0.29) is 5.69 Å². The first-order valence-corrected chi connectivity index (χ1v) is 4.94. The molecule has 17 heavy (non-hydrogen) atoms. The van der Waals surface area contributed by atoms with Gasteiger partial charge in [-0.1, -0.05) is 6.08 Å². The number of benzene rings is 1. The van der Waals surface area contributed by atoms with Gasteiger partial charge in [-0.05, 0) is 29.8 Å². The fraction of sp³-hybridized carbons (Fsp3) is 0. The fourth-order valence-electron chi connectivity index (χ4n) is 1.29. The summed E-state index contributed by atoms with van der Waals surface area (Å²) in [7, 11) is 0. The van der Waals surface area contributed by atoms with Gasteiger partial charge < -0.3 is 0 Å². The van der Waals surface area contributed by atoms with E-state index in [1.54, 1.807) is 24.4 Å². The zero-order valence-electron chi connectivity index (χ0n) is 8.85. The van der Waals surface area contributed by atoms with Gasteiger partial charge in [-0.15, -0.1) is 0 Å². The number of aromatic nitrogens is 2. The molecule has 0 aliphatic heterocycles. The average molecular weight is 227 g/mol. The summed E-state index contributed by atoms with van der Waals surface area (Å²) in [6, 6.07) is 8.10. The molecule has 0 aliphatic rings. The van der Waals surface area contributed by atoms with E-state index in [9.17, 15) is 10.1 Å². The van der Waals surface area contributed by atoms with E-state index in [4.69, 9.17) is 0 Å². The first-order valence-electron chi connectivity index (χ1n) is 4.94. The summed E-state index contributed by atoms with van der Waals surface area (Å²) in [5.41, 5.74) is 1.76. The Morgan fingerprint density at radius 3 is 2.47 bits per heavy atom. The van der Waals surface area contributed by atoms with Gasteiger partial charge in [0.05, 0.1) is 10.6 Å². The van der Waals surface area contributed by atoms with Crippen molar-refractivity contribution in [1.82, 2.24) is 9.97 Å². The highest BCUT2D eigenvalue weighted by Crippen LogP contribution is 2.13. The quantitative estimate of drug-likeness (QED) is 0.596. The predicted octanol–water partition coefficient (Wildman–Crippen LogP) is 2.56. The molecule has 0 bridgehead atoms. The Hall–Kier alpha value is -2.56. The first-order chi connectivity index (χ1) is 8.25. The number of nitrogens with zero attached hydrogens (tertiary/aromatic N) is 3. The number of nitro groups is 1. The summed E-state index contributed by atoms with van der Waals surface area (Å²) in [5.74, 6) is 0. The Kier molecular flexibility index (Phi) is 3.20. The molecule has 2 rings (SSSR count). The van der Waals surface area contributed by atoms with Gasteiger partial charge in [0.25, 0.3) is 5.69 Å². The minimum Gasteiger partial charge on any atom is -0.258 e. The Morgan fingerprint density at radius 1 is 1.12 bits per heavy atom. The smallest absolute Gasteiger partial charge is 0.258 e. The molecule has 1 aromatic heterocycles. The molecular formula is C12H9N3O2. The third-order valence-corrected chi connectivity index (χ3v) is 2.16. The number of rotatable bonds is 3. The second-order valence-corrected chi connectivity index (χ2v) is 3.32. The molecule has 1 heterocycles. The molecule has 0 saturated carbocycles. The Bertz CT molecular complexity index is 535. The maximum Gasteiger partial charge on any atom is 0.269 e. The third kappa shape index (κ3) is 2.94. The van der Waals surface area contributed by atoms with Crippen LogP contribution in [0.15, 0.2) is 42.9 Å². The van der Waals surface area contributed by atoms with Gasteiger partial charge in [-0.2, -0.15) is 0 Å². The van der Waals surface area contributed by atoms with Crippen LogP contribution in [-0.4, -0.2) is 14.9 Å². The third-order valence-electron chi connectivity index (χ3n) is 2.16. The summed E-state index contributed by atoms with van der Waals surface area (Å²) < 4.78 is 0. The highest BCUT2D eigenvalue weighted by molar-refractivity contribution is 5.68. The van der Waals surface area contributed by atoms with Crippen LogP contribution < -0.4 is 0 Å². The highest BCUT2D eigenvalue weighted by atomic mass is 16.6.